The van der Waals surface area contributed by atoms with Gasteiger partial charge in [-0.15, -0.1) is 0 Å². The molecule has 5 heteroatoms. The third kappa shape index (κ3) is 4.89. The summed E-state index contributed by atoms with van der Waals surface area (Å²) < 4.78 is 0. The van der Waals surface area contributed by atoms with Gasteiger partial charge in [-0.2, -0.15) is 0 Å². The van der Waals surface area contributed by atoms with Crippen molar-refractivity contribution in [3.63, 3.8) is 0 Å². The van der Waals surface area contributed by atoms with E-state index < -0.39 is 0 Å². The second-order valence-electron chi connectivity index (χ2n) is 4.64. The van der Waals surface area contributed by atoms with Gasteiger partial charge < -0.3 is 20.4 Å². The molecule has 0 fully saturated rings. The molecule has 0 saturated heterocycles. The molecule has 0 aliphatic carbocycles. The third-order valence-corrected chi connectivity index (χ3v) is 2.86. The maximum atomic E-state index is 11.9. The molecule has 0 radical (unpaired) electrons. The minimum absolute atomic E-state index is 0.125. The summed E-state index contributed by atoms with van der Waals surface area (Å²) in [5.41, 5.74) is 1.91. The molecule has 106 valence electrons. The average molecular weight is 266 g/mol. The number of hydrogen-bond donors (Lipinski definition) is 3. The van der Waals surface area contributed by atoms with E-state index in [1.165, 1.54) is 10.5 Å². The standard InChI is InChI=1S/C14H22N2O3/c1-11(2)12-3-5-13(6-4-12)15-14(19)16(7-9-17)8-10-18/h3-6,11,17-18H,7-10H2,1-2H3,(H,15,19). The molecule has 0 aromatic heterocycles. The van der Waals surface area contributed by atoms with Crippen molar-refractivity contribution in [1.29, 1.82) is 0 Å². The molecule has 19 heavy (non-hydrogen) atoms. The Morgan fingerprint density at radius 2 is 1.68 bits per heavy atom. The first-order valence-electron chi connectivity index (χ1n) is 6.46. The zero-order valence-electron chi connectivity index (χ0n) is 11.5. The molecule has 0 heterocycles. The summed E-state index contributed by atoms with van der Waals surface area (Å²) >= 11 is 0. The van der Waals surface area contributed by atoms with Gasteiger partial charge in [0.2, 0.25) is 0 Å². The van der Waals surface area contributed by atoms with Crippen LogP contribution in [0.25, 0.3) is 0 Å². The molecule has 0 bridgehead atoms. The van der Waals surface area contributed by atoms with Crippen LogP contribution in [0.15, 0.2) is 24.3 Å². The molecule has 0 aliphatic rings. The third-order valence-electron chi connectivity index (χ3n) is 2.86. The summed E-state index contributed by atoms with van der Waals surface area (Å²) in [7, 11) is 0. The van der Waals surface area contributed by atoms with Crippen LogP contribution in [0.4, 0.5) is 10.5 Å². The topological polar surface area (TPSA) is 72.8 Å². The lowest BCUT2D eigenvalue weighted by Gasteiger charge is -2.21. The predicted octanol–water partition coefficient (Wildman–Crippen LogP) is 1.63. The number of nitrogens with one attached hydrogen (secondary N) is 1. The Morgan fingerprint density at radius 3 is 2.11 bits per heavy atom. The van der Waals surface area contributed by atoms with E-state index in [4.69, 9.17) is 10.2 Å². The second-order valence-corrected chi connectivity index (χ2v) is 4.64. The van der Waals surface area contributed by atoms with Gasteiger partial charge >= 0.3 is 6.03 Å². The van der Waals surface area contributed by atoms with Crippen molar-refractivity contribution in [3.8, 4) is 0 Å². The van der Waals surface area contributed by atoms with Gasteiger partial charge in [-0.25, -0.2) is 4.79 Å². The first kappa shape index (κ1) is 15.5. The Morgan fingerprint density at radius 1 is 1.16 bits per heavy atom. The number of carbonyl (C=O) groups is 1. The van der Waals surface area contributed by atoms with E-state index in [2.05, 4.69) is 19.2 Å². The number of hydrogen-bond acceptors (Lipinski definition) is 3. The highest BCUT2D eigenvalue weighted by Gasteiger charge is 2.12. The highest BCUT2D eigenvalue weighted by molar-refractivity contribution is 5.89. The Bertz CT molecular complexity index is 384. The van der Waals surface area contributed by atoms with Gasteiger partial charge in [0, 0.05) is 18.8 Å². The molecule has 0 atom stereocenters. The van der Waals surface area contributed by atoms with Gasteiger partial charge in [0.25, 0.3) is 0 Å². The van der Waals surface area contributed by atoms with Crippen molar-refractivity contribution in [2.75, 3.05) is 31.6 Å². The zero-order chi connectivity index (χ0) is 14.3. The summed E-state index contributed by atoms with van der Waals surface area (Å²) in [5.74, 6) is 0.449. The second kappa shape index (κ2) is 7.76. The number of amides is 2. The van der Waals surface area contributed by atoms with Crippen LogP contribution in [0.1, 0.15) is 25.3 Å². The number of urea groups is 1. The van der Waals surface area contributed by atoms with Crippen molar-refractivity contribution in [2.24, 2.45) is 0 Å². The quantitative estimate of drug-likeness (QED) is 0.732. The van der Waals surface area contributed by atoms with E-state index in [-0.39, 0.29) is 32.3 Å². The van der Waals surface area contributed by atoms with E-state index >= 15 is 0 Å². The summed E-state index contributed by atoms with van der Waals surface area (Å²) in [5, 5.41) is 20.5. The fourth-order valence-electron chi connectivity index (χ4n) is 1.71. The first-order chi connectivity index (χ1) is 9.08. The monoisotopic (exact) mass is 266 g/mol. The van der Waals surface area contributed by atoms with Crippen molar-refractivity contribution < 1.29 is 15.0 Å². The number of aliphatic hydroxyl groups is 2. The van der Waals surface area contributed by atoms with Gasteiger partial charge in [0.1, 0.15) is 0 Å². The lowest BCUT2D eigenvalue weighted by molar-refractivity contribution is 0.167. The van der Waals surface area contributed by atoms with E-state index in [1.807, 2.05) is 24.3 Å². The largest absolute Gasteiger partial charge is 0.395 e. The molecule has 1 rings (SSSR count). The maximum Gasteiger partial charge on any atom is 0.321 e. The van der Waals surface area contributed by atoms with Crippen LogP contribution in [-0.4, -0.2) is 47.4 Å². The number of rotatable bonds is 6. The van der Waals surface area contributed by atoms with Gasteiger partial charge in [-0.05, 0) is 23.6 Å². The predicted molar refractivity (Wildman–Crippen MR) is 75.3 cm³/mol. The molecule has 1 aromatic rings. The normalized spacial score (nSPS) is 10.6. The number of carbonyl (C=O) groups excluding carboxylic acids is 1. The maximum absolute atomic E-state index is 11.9. The SMILES string of the molecule is CC(C)c1ccc(NC(=O)N(CCO)CCO)cc1. The smallest absolute Gasteiger partial charge is 0.321 e. The molecule has 5 nitrogen and oxygen atoms in total. The molecule has 0 aliphatic heterocycles. The van der Waals surface area contributed by atoms with Gasteiger partial charge in [0.05, 0.1) is 13.2 Å². The van der Waals surface area contributed by atoms with Crippen LogP contribution < -0.4 is 5.32 Å². The summed E-state index contributed by atoms with van der Waals surface area (Å²) in [6, 6.07) is 7.33. The molecule has 2 amide bonds. The van der Waals surface area contributed by atoms with Crippen molar-refractivity contribution in [3.05, 3.63) is 29.8 Å². The fourth-order valence-corrected chi connectivity index (χ4v) is 1.71. The first-order valence-corrected chi connectivity index (χ1v) is 6.46. The molecule has 3 N–H and O–H groups in total. The lowest BCUT2D eigenvalue weighted by Crippen LogP contribution is -2.38. The molecule has 0 unspecified atom stereocenters. The molecule has 0 saturated carbocycles. The minimum Gasteiger partial charge on any atom is -0.395 e. The van der Waals surface area contributed by atoms with E-state index in [0.717, 1.165) is 0 Å². The van der Waals surface area contributed by atoms with Crippen molar-refractivity contribution >= 4 is 11.7 Å². The number of nitrogens with zero attached hydrogens (tertiary/aromatic N) is 1. The van der Waals surface area contributed by atoms with Gasteiger partial charge in [-0.3, -0.25) is 0 Å². The molecule has 1 aromatic carbocycles. The van der Waals surface area contributed by atoms with Crippen molar-refractivity contribution in [2.45, 2.75) is 19.8 Å². The van der Waals surface area contributed by atoms with E-state index in [1.54, 1.807) is 0 Å². The molecule has 0 spiro atoms. The van der Waals surface area contributed by atoms with Crippen LogP contribution in [-0.2, 0) is 0 Å². The number of anilines is 1. The van der Waals surface area contributed by atoms with Crippen LogP contribution in [0.3, 0.4) is 0 Å². The summed E-state index contributed by atoms with van der Waals surface area (Å²) in [4.78, 5) is 13.3. The van der Waals surface area contributed by atoms with Crippen molar-refractivity contribution in [1.82, 2.24) is 4.90 Å². The Balaban J connectivity index is 2.64. The Hall–Kier alpha value is -1.59. The average Bonchev–Trinajstić information content (AvgIpc) is 2.39. The highest BCUT2D eigenvalue weighted by Crippen LogP contribution is 2.17. The number of aliphatic hydroxyl groups excluding tert-OH is 2. The lowest BCUT2D eigenvalue weighted by atomic mass is 10.0. The van der Waals surface area contributed by atoms with Crippen LogP contribution in [0, 0.1) is 0 Å². The Kier molecular flexibility index (Phi) is 6.32. The fraction of sp³-hybridized carbons (Fsp3) is 0.500. The highest BCUT2D eigenvalue weighted by atomic mass is 16.3. The van der Waals surface area contributed by atoms with Gasteiger partial charge in [0.15, 0.2) is 0 Å². The Labute approximate surface area is 113 Å². The minimum atomic E-state index is -0.319. The summed E-state index contributed by atoms with van der Waals surface area (Å²) in [6.45, 7) is 4.38. The van der Waals surface area contributed by atoms with E-state index in [0.29, 0.717) is 11.6 Å². The van der Waals surface area contributed by atoms with Gasteiger partial charge in [-0.1, -0.05) is 26.0 Å². The van der Waals surface area contributed by atoms with Crippen LogP contribution >= 0.6 is 0 Å². The van der Waals surface area contributed by atoms with E-state index in [9.17, 15) is 4.79 Å². The molecular formula is C14H22N2O3. The zero-order valence-corrected chi connectivity index (χ0v) is 11.5. The summed E-state index contributed by atoms with van der Waals surface area (Å²) in [6.07, 6.45) is 0. The van der Waals surface area contributed by atoms with Crippen LogP contribution in [0.2, 0.25) is 0 Å². The number of benzene rings is 1. The van der Waals surface area contributed by atoms with Crippen LogP contribution in [0.5, 0.6) is 0 Å². The molecular weight excluding hydrogens is 244 g/mol.